The number of phenols is 1. The molecule has 0 unspecified atom stereocenters. The lowest BCUT2D eigenvalue weighted by atomic mass is 10.1. The molecule has 0 amide bonds. The molecule has 0 bridgehead atoms. The lowest BCUT2D eigenvalue weighted by Crippen LogP contribution is -2.12. The first-order valence-electron chi connectivity index (χ1n) is 7.12. The highest BCUT2D eigenvalue weighted by atomic mass is 16.5. The highest BCUT2D eigenvalue weighted by Gasteiger charge is 2.10. The summed E-state index contributed by atoms with van der Waals surface area (Å²) in [7, 11) is 1.50. The number of aromatic hydroxyl groups is 1. The Kier molecular flexibility index (Phi) is 5.21. The van der Waals surface area contributed by atoms with Crippen LogP contribution in [0.4, 0.5) is 0 Å². The van der Waals surface area contributed by atoms with Crippen LogP contribution >= 0.6 is 0 Å². The van der Waals surface area contributed by atoms with Gasteiger partial charge in [-0.25, -0.2) is 4.79 Å². The van der Waals surface area contributed by atoms with Gasteiger partial charge in [-0.3, -0.25) is 5.41 Å². The molecule has 0 atom stereocenters. The average molecular weight is 326 g/mol. The molecule has 0 aliphatic carbocycles. The van der Waals surface area contributed by atoms with E-state index in [4.69, 9.17) is 20.6 Å². The monoisotopic (exact) mass is 326 g/mol. The maximum absolute atomic E-state index is 12.1. The molecule has 2 aromatic rings. The van der Waals surface area contributed by atoms with Crippen molar-refractivity contribution in [2.75, 3.05) is 7.11 Å². The van der Waals surface area contributed by atoms with Gasteiger partial charge in [0.05, 0.1) is 7.11 Å². The third-order valence-corrected chi connectivity index (χ3v) is 3.31. The number of carbonyl (C=O) groups excluding carboxylic acids is 1. The molecule has 2 rings (SSSR count). The minimum absolute atomic E-state index is 0.00677. The van der Waals surface area contributed by atoms with Gasteiger partial charge in [-0.15, -0.1) is 0 Å². The van der Waals surface area contributed by atoms with Crippen molar-refractivity contribution in [2.24, 2.45) is 5.73 Å². The topological polar surface area (TPSA) is 106 Å². The molecular weight excluding hydrogens is 308 g/mol. The lowest BCUT2D eigenvalue weighted by Gasteiger charge is -2.07. The van der Waals surface area contributed by atoms with Crippen molar-refractivity contribution in [1.29, 1.82) is 5.41 Å². The normalized spacial score (nSPS) is 11.0. The van der Waals surface area contributed by atoms with Crippen molar-refractivity contribution in [3.8, 4) is 17.2 Å². The Morgan fingerprint density at radius 2 is 1.79 bits per heavy atom. The van der Waals surface area contributed by atoms with Crippen LogP contribution in [-0.2, 0) is 4.79 Å². The van der Waals surface area contributed by atoms with Gasteiger partial charge in [0, 0.05) is 22.8 Å². The highest BCUT2D eigenvalue weighted by Crippen LogP contribution is 2.25. The molecule has 0 saturated carbocycles. The number of methoxy groups -OCH3 is 1. The van der Waals surface area contributed by atoms with Crippen molar-refractivity contribution in [3.05, 3.63) is 59.2 Å². The van der Waals surface area contributed by atoms with Crippen molar-refractivity contribution >= 4 is 17.9 Å². The summed E-state index contributed by atoms with van der Waals surface area (Å²) in [6, 6.07) is 11.1. The van der Waals surface area contributed by atoms with Gasteiger partial charge in [0.25, 0.3) is 0 Å². The van der Waals surface area contributed by atoms with Gasteiger partial charge in [0.2, 0.25) is 0 Å². The number of nitrogens with two attached hydrogens (primary N) is 1. The van der Waals surface area contributed by atoms with E-state index >= 15 is 0 Å². The van der Waals surface area contributed by atoms with Gasteiger partial charge in [0.1, 0.15) is 23.1 Å². The van der Waals surface area contributed by atoms with E-state index < -0.39 is 5.97 Å². The first-order valence-corrected chi connectivity index (χ1v) is 7.12. The number of phenolic OH excluding ortho intramolecular Hbond substituents is 1. The number of amidine groups is 1. The molecule has 2 aromatic carbocycles. The second-order valence-corrected chi connectivity index (χ2v) is 5.08. The van der Waals surface area contributed by atoms with Gasteiger partial charge in [-0.05, 0) is 49.4 Å². The van der Waals surface area contributed by atoms with E-state index in [0.717, 1.165) is 0 Å². The van der Waals surface area contributed by atoms with E-state index in [1.165, 1.54) is 19.3 Å². The van der Waals surface area contributed by atoms with Gasteiger partial charge in [0.15, 0.2) is 0 Å². The van der Waals surface area contributed by atoms with E-state index in [0.29, 0.717) is 28.2 Å². The lowest BCUT2D eigenvalue weighted by molar-refractivity contribution is -0.130. The molecule has 6 nitrogen and oxygen atoms in total. The zero-order valence-corrected chi connectivity index (χ0v) is 13.4. The summed E-state index contributed by atoms with van der Waals surface area (Å²) in [5.41, 5.74) is 6.72. The highest BCUT2D eigenvalue weighted by molar-refractivity contribution is 5.96. The molecule has 0 heterocycles. The second-order valence-electron chi connectivity index (χ2n) is 5.08. The number of ether oxygens (including phenoxy) is 2. The Bertz CT molecular complexity index is 795. The Hall–Kier alpha value is -3.28. The molecule has 0 aliphatic heterocycles. The fourth-order valence-electron chi connectivity index (χ4n) is 1.95. The predicted octanol–water partition coefficient (Wildman–Crippen LogP) is 2.69. The van der Waals surface area contributed by atoms with Crippen molar-refractivity contribution in [2.45, 2.75) is 6.92 Å². The van der Waals surface area contributed by atoms with Gasteiger partial charge in [-0.1, -0.05) is 0 Å². The minimum Gasteiger partial charge on any atom is -0.507 e. The van der Waals surface area contributed by atoms with Gasteiger partial charge in [-0.2, -0.15) is 0 Å². The van der Waals surface area contributed by atoms with Crippen LogP contribution in [0.5, 0.6) is 17.2 Å². The minimum atomic E-state index is -0.541. The zero-order chi connectivity index (χ0) is 17.7. The molecular formula is C18H18N2O4. The standard InChI is InChI=1S/C18H18N2O4/c1-11(9-13-5-8-15(23-2)10-16(13)21)18(22)24-14-6-3-12(4-7-14)17(19)20/h3-10,21H,1-2H3,(H3,19,20)/b11-9+. The SMILES string of the molecule is COc1ccc(/C=C(\C)C(=O)Oc2ccc(C(=N)N)cc2)c(O)c1. The van der Waals surface area contributed by atoms with Crippen molar-refractivity contribution in [1.82, 2.24) is 0 Å². The molecule has 0 fully saturated rings. The maximum atomic E-state index is 12.1. The third-order valence-electron chi connectivity index (χ3n) is 3.31. The summed E-state index contributed by atoms with van der Waals surface area (Å²) < 4.78 is 10.3. The summed E-state index contributed by atoms with van der Waals surface area (Å²) in [5.74, 6) is 0.277. The van der Waals surface area contributed by atoms with Gasteiger partial charge < -0.3 is 20.3 Å². The van der Waals surface area contributed by atoms with Crippen LogP contribution in [0.1, 0.15) is 18.1 Å². The molecule has 0 spiro atoms. The molecule has 0 aromatic heterocycles. The number of carbonyl (C=O) groups is 1. The number of nitrogen functional groups attached to an aromatic ring is 1. The third kappa shape index (κ3) is 4.13. The molecule has 124 valence electrons. The number of nitrogens with one attached hydrogen (secondary N) is 1. The number of benzene rings is 2. The summed E-state index contributed by atoms with van der Waals surface area (Å²) in [5, 5.41) is 17.2. The van der Waals surface area contributed by atoms with E-state index in [1.807, 2.05) is 0 Å². The Labute approximate surface area is 139 Å². The first kappa shape index (κ1) is 17.1. The van der Waals surface area contributed by atoms with E-state index in [1.54, 1.807) is 43.3 Å². The molecule has 0 radical (unpaired) electrons. The Morgan fingerprint density at radius 1 is 1.17 bits per heavy atom. The van der Waals surface area contributed by atoms with Crippen LogP contribution < -0.4 is 15.2 Å². The largest absolute Gasteiger partial charge is 0.507 e. The maximum Gasteiger partial charge on any atom is 0.339 e. The van der Waals surface area contributed by atoms with E-state index in [-0.39, 0.29) is 11.6 Å². The van der Waals surface area contributed by atoms with Crippen LogP contribution in [-0.4, -0.2) is 24.0 Å². The predicted molar refractivity (Wildman–Crippen MR) is 91.4 cm³/mol. The van der Waals surface area contributed by atoms with Crippen molar-refractivity contribution < 1.29 is 19.4 Å². The summed E-state index contributed by atoms with van der Waals surface area (Å²) in [6.45, 7) is 1.59. The van der Waals surface area contributed by atoms with E-state index in [9.17, 15) is 9.90 Å². The smallest absolute Gasteiger partial charge is 0.339 e. The molecule has 24 heavy (non-hydrogen) atoms. The fraction of sp³-hybridized carbons (Fsp3) is 0.111. The number of hydrogen-bond donors (Lipinski definition) is 3. The van der Waals surface area contributed by atoms with Crippen LogP contribution in [0.15, 0.2) is 48.0 Å². The number of rotatable bonds is 5. The second kappa shape index (κ2) is 7.32. The molecule has 4 N–H and O–H groups in total. The van der Waals surface area contributed by atoms with Crippen LogP contribution in [0.3, 0.4) is 0 Å². The number of hydrogen-bond acceptors (Lipinski definition) is 5. The molecule has 0 aliphatic rings. The zero-order valence-electron chi connectivity index (χ0n) is 13.4. The van der Waals surface area contributed by atoms with Crippen LogP contribution in [0.25, 0.3) is 6.08 Å². The van der Waals surface area contributed by atoms with Crippen molar-refractivity contribution in [3.63, 3.8) is 0 Å². The summed E-state index contributed by atoms with van der Waals surface area (Å²) >= 11 is 0. The average Bonchev–Trinajstić information content (AvgIpc) is 2.57. The molecule has 6 heteroatoms. The Balaban J connectivity index is 2.12. The fourth-order valence-corrected chi connectivity index (χ4v) is 1.95. The molecule has 0 saturated heterocycles. The van der Waals surface area contributed by atoms with Gasteiger partial charge >= 0.3 is 5.97 Å². The summed E-state index contributed by atoms with van der Waals surface area (Å²) in [6.07, 6.45) is 1.53. The quantitative estimate of drug-likeness (QED) is 0.257. The Morgan fingerprint density at radius 3 is 2.33 bits per heavy atom. The summed E-state index contributed by atoms with van der Waals surface area (Å²) in [4.78, 5) is 12.1. The van der Waals surface area contributed by atoms with Crippen LogP contribution in [0, 0.1) is 5.41 Å². The van der Waals surface area contributed by atoms with E-state index in [2.05, 4.69) is 0 Å². The first-order chi connectivity index (χ1) is 11.4. The number of esters is 1. The van der Waals surface area contributed by atoms with Crippen LogP contribution in [0.2, 0.25) is 0 Å².